The van der Waals surface area contributed by atoms with Crippen LogP contribution in [0.25, 0.3) is 0 Å². The van der Waals surface area contributed by atoms with Gasteiger partial charge in [0, 0.05) is 12.6 Å². The molecule has 1 heterocycles. The Balaban J connectivity index is 2.47. The number of rotatable bonds is 6. The number of piperidine rings is 1. The van der Waals surface area contributed by atoms with Crippen LogP contribution in [0.2, 0.25) is 0 Å². The summed E-state index contributed by atoms with van der Waals surface area (Å²) in [6.45, 7) is 15.5. The van der Waals surface area contributed by atoms with Crippen LogP contribution in [0.5, 0.6) is 0 Å². The predicted molar refractivity (Wildman–Crippen MR) is 80.9 cm³/mol. The van der Waals surface area contributed by atoms with Crippen molar-refractivity contribution in [2.24, 2.45) is 17.3 Å². The first-order valence-corrected chi connectivity index (χ1v) is 7.74. The SMILES string of the molecule is CC(C)CC(C)N(C)CC(C)(C)C1CCCNC1. The van der Waals surface area contributed by atoms with Crippen LogP contribution in [0.3, 0.4) is 0 Å². The summed E-state index contributed by atoms with van der Waals surface area (Å²) < 4.78 is 0. The van der Waals surface area contributed by atoms with E-state index in [1.165, 1.54) is 38.9 Å². The first-order chi connectivity index (χ1) is 8.33. The second-order valence-corrected chi connectivity index (χ2v) is 7.43. The molecule has 0 aromatic rings. The molecule has 0 radical (unpaired) electrons. The van der Waals surface area contributed by atoms with Gasteiger partial charge in [-0.25, -0.2) is 0 Å². The maximum atomic E-state index is 3.56. The van der Waals surface area contributed by atoms with Crippen LogP contribution < -0.4 is 5.32 Å². The predicted octanol–water partition coefficient (Wildman–Crippen LogP) is 3.38. The van der Waals surface area contributed by atoms with Gasteiger partial charge in [0.2, 0.25) is 0 Å². The van der Waals surface area contributed by atoms with Crippen LogP contribution >= 0.6 is 0 Å². The molecule has 0 saturated carbocycles. The van der Waals surface area contributed by atoms with Crippen molar-refractivity contribution >= 4 is 0 Å². The van der Waals surface area contributed by atoms with Gasteiger partial charge >= 0.3 is 0 Å². The van der Waals surface area contributed by atoms with Crippen LogP contribution in [0.15, 0.2) is 0 Å². The molecule has 1 fully saturated rings. The van der Waals surface area contributed by atoms with Crippen LogP contribution in [0.1, 0.15) is 53.9 Å². The van der Waals surface area contributed by atoms with E-state index in [4.69, 9.17) is 0 Å². The molecule has 2 unspecified atom stereocenters. The zero-order valence-corrected chi connectivity index (χ0v) is 13.4. The van der Waals surface area contributed by atoms with Crippen molar-refractivity contribution in [3.8, 4) is 0 Å². The molecule has 0 aromatic heterocycles. The van der Waals surface area contributed by atoms with E-state index in [0.29, 0.717) is 11.5 Å². The lowest BCUT2D eigenvalue weighted by Gasteiger charge is -2.41. The summed E-state index contributed by atoms with van der Waals surface area (Å²) in [5.41, 5.74) is 0.424. The Labute approximate surface area is 115 Å². The Morgan fingerprint density at radius 3 is 2.44 bits per heavy atom. The maximum Gasteiger partial charge on any atom is 0.00665 e. The second kappa shape index (κ2) is 6.91. The Morgan fingerprint density at radius 2 is 1.94 bits per heavy atom. The largest absolute Gasteiger partial charge is 0.316 e. The molecule has 2 heteroatoms. The molecule has 0 aliphatic carbocycles. The highest BCUT2D eigenvalue weighted by Gasteiger charge is 2.32. The van der Waals surface area contributed by atoms with Crippen molar-refractivity contribution in [1.82, 2.24) is 10.2 Å². The molecule has 18 heavy (non-hydrogen) atoms. The molecular weight excluding hydrogens is 220 g/mol. The molecule has 1 saturated heterocycles. The summed E-state index contributed by atoms with van der Waals surface area (Å²) in [7, 11) is 2.30. The van der Waals surface area contributed by atoms with Gasteiger partial charge in [0.25, 0.3) is 0 Å². The molecule has 1 N–H and O–H groups in total. The van der Waals surface area contributed by atoms with E-state index in [1.807, 2.05) is 0 Å². The van der Waals surface area contributed by atoms with E-state index in [9.17, 15) is 0 Å². The second-order valence-electron chi connectivity index (χ2n) is 7.43. The fraction of sp³-hybridized carbons (Fsp3) is 1.00. The molecule has 0 bridgehead atoms. The average molecular weight is 254 g/mol. The van der Waals surface area contributed by atoms with Crippen molar-refractivity contribution in [1.29, 1.82) is 0 Å². The summed E-state index contributed by atoms with van der Waals surface area (Å²) in [6, 6.07) is 0.695. The van der Waals surface area contributed by atoms with Gasteiger partial charge in [0.15, 0.2) is 0 Å². The number of nitrogens with zero attached hydrogens (tertiary/aromatic N) is 1. The minimum atomic E-state index is 0.424. The number of hydrogen-bond acceptors (Lipinski definition) is 2. The van der Waals surface area contributed by atoms with E-state index >= 15 is 0 Å². The maximum absolute atomic E-state index is 3.56. The van der Waals surface area contributed by atoms with Gasteiger partial charge in [-0.15, -0.1) is 0 Å². The van der Waals surface area contributed by atoms with E-state index in [-0.39, 0.29) is 0 Å². The Hall–Kier alpha value is -0.0800. The molecule has 0 spiro atoms. The highest BCUT2D eigenvalue weighted by Crippen LogP contribution is 2.33. The summed E-state index contributed by atoms with van der Waals surface area (Å²) in [5.74, 6) is 1.63. The average Bonchev–Trinajstić information content (AvgIpc) is 2.28. The molecule has 2 nitrogen and oxygen atoms in total. The Morgan fingerprint density at radius 1 is 1.28 bits per heavy atom. The standard InChI is InChI=1S/C16H34N2/c1-13(2)10-14(3)18(6)12-16(4,5)15-8-7-9-17-11-15/h13-15,17H,7-12H2,1-6H3. The van der Waals surface area contributed by atoms with Gasteiger partial charge in [-0.05, 0) is 63.6 Å². The smallest absolute Gasteiger partial charge is 0.00665 e. The van der Waals surface area contributed by atoms with Crippen molar-refractivity contribution in [3.05, 3.63) is 0 Å². The number of hydrogen-bond donors (Lipinski definition) is 1. The lowest BCUT2D eigenvalue weighted by atomic mass is 9.74. The summed E-state index contributed by atoms with van der Waals surface area (Å²) in [4.78, 5) is 2.56. The van der Waals surface area contributed by atoms with Gasteiger partial charge in [0.05, 0.1) is 0 Å². The molecule has 1 aliphatic heterocycles. The minimum Gasteiger partial charge on any atom is -0.316 e. The first-order valence-electron chi connectivity index (χ1n) is 7.74. The summed E-state index contributed by atoms with van der Waals surface area (Å²) in [6.07, 6.45) is 4.04. The van der Waals surface area contributed by atoms with Crippen molar-refractivity contribution in [3.63, 3.8) is 0 Å². The Kier molecular flexibility index (Phi) is 6.13. The van der Waals surface area contributed by atoms with Crippen LogP contribution in [-0.2, 0) is 0 Å². The van der Waals surface area contributed by atoms with E-state index in [1.54, 1.807) is 0 Å². The first kappa shape index (κ1) is 16.0. The van der Waals surface area contributed by atoms with Crippen LogP contribution in [0.4, 0.5) is 0 Å². The van der Waals surface area contributed by atoms with Crippen molar-refractivity contribution < 1.29 is 0 Å². The van der Waals surface area contributed by atoms with Gasteiger partial charge < -0.3 is 10.2 Å². The summed E-state index contributed by atoms with van der Waals surface area (Å²) in [5, 5.41) is 3.56. The zero-order chi connectivity index (χ0) is 13.8. The van der Waals surface area contributed by atoms with Gasteiger partial charge in [0.1, 0.15) is 0 Å². The van der Waals surface area contributed by atoms with Crippen LogP contribution in [0, 0.1) is 17.3 Å². The number of nitrogens with one attached hydrogen (secondary N) is 1. The monoisotopic (exact) mass is 254 g/mol. The molecule has 1 rings (SSSR count). The fourth-order valence-corrected chi connectivity index (χ4v) is 3.31. The van der Waals surface area contributed by atoms with Gasteiger partial charge in [-0.1, -0.05) is 27.7 Å². The topological polar surface area (TPSA) is 15.3 Å². The molecule has 1 aliphatic rings. The third kappa shape index (κ3) is 4.89. The van der Waals surface area contributed by atoms with Crippen molar-refractivity contribution in [2.75, 3.05) is 26.7 Å². The third-order valence-electron chi connectivity index (χ3n) is 4.62. The van der Waals surface area contributed by atoms with E-state index in [0.717, 1.165) is 11.8 Å². The summed E-state index contributed by atoms with van der Waals surface area (Å²) >= 11 is 0. The molecular formula is C16H34N2. The minimum absolute atomic E-state index is 0.424. The molecule has 108 valence electrons. The van der Waals surface area contributed by atoms with Gasteiger partial charge in [-0.2, -0.15) is 0 Å². The van der Waals surface area contributed by atoms with Gasteiger partial charge in [-0.3, -0.25) is 0 Å². The lowest BCUT2D eigenvalue weighted by molar-refractivity contribution is 0.0898. The lowest BCUT2D eigenvalue weighted by Crippen LogP contribution is -2.46. The highest BCUT2D eigenvalue weighted by atomic mass is 15.1. The quantitative estimate of drug-likeness (QED) is 0.782. The van der Waals surface area contributed by atoms with Crippen LogP contribution in [-0.4, -0.2) is 37.6 Å². The Bertz CT molecular complexity index is 229. The van der Waals surface area contributed by atoms with Crippen molar-refractivity contribution in [2.45, 2.75) is 59.9 Å². The van der Waals surface area contributed by atoms with E-state index in [2.05, 4.69) is 51.9 Å². The zero-order valence-electron chi connectivity index (χ0n) is 13.4. The normalized spacial score (nSPS) is 23.7. The highest BCUT2D eigenvalue weighted by molar-refractivity contribution is 4.86. The molecule has 2 atom stereocenters. The van der Waals surface area contributed by atoms with E-state index < -0.39 is 0 Å². The molecule has 0 aromatic carbocycles. The fourth-order valence-electron chi connectivity index (χ4n) is 3.31. The molecule has 0 amide bonds. The third-order valence-corrected chi connectivity index (χ3v) is 4.62.